The van der Waals surface area contributed by atoms with Gasteiger partial charge in [-0.25, -0.2) is 13.1 Å². The first-order valence-electron chi connectivity index (χ1n) is 6.78. The predicted octanol–water partition coefficient (Wildman–Crippen LogP) is 0.209. The first-order chi connectivity index (χ1) is 8.80. The van der Waals surface area contributed by atoms with Crippen molar-refractivity contribution in [1.29, 1.82) is 0 Å². The zero-order valence-electron chi connectivity index (χ0n) is 12.3. The lowest BCUT2D eigenvalue weighted by molar-refractivity contribution is -0.123. The highest BCUT2D eigenvalue weighted by molar-refractivity contribution is 7.88. The summed E-state index contributed by atoms with van der Waals surface area (Å²) in [5.41, 5.74) is 0. The second-order valence-electron chi connectivity index (χ2n) is 4.72. The number of hydrogen-bond acceptors (Lipinski definition) is 4. The highest BCUT2D eigenvalue weighted by Crippen LogP contribution is 1.96. The van der Waals surface area contributed by atoms with Gasteiger partial charge in [0, 0.05) is 12.6 Å². The van der Waals surface area contributed by atoms with Crippen LogP contribution in [0.25, 0.3) is 0 Å². The third kappa shape index (κ3) is 9.86. The highest BCUT2D eigenvalue weighted by Gasteiger charge is 2.14. The van der Waals surface area contributed by atoms with E-state index in [1.807, 2.05) is 20.8 Å². The molecule has 1 unspecified atom stereocenters. The summed E-state index contributed by atoms with van der Waals surface area (Å²) in [6.07, 6.45) is 3.63. The number of hydrogen-bond donors (Lipinski definition) is 3. The van der Waals surface area contributed by atoms with E-state index in [9.17, 15) is 13.2 Å². The van der Waals surface area contributed by atoms with Crippen LogP contribution in [0.3, 0.4) is 0 Å². The van der Waals surface area contributed by atoms with Crippen LogP contribution in [0.4, 0.5) is 0 Å². The lowest BCUT2D eigenvalue weighted by Gasteiger charge is -2.19. The van der Waals surface area contributed by atoms with Crippen LogP contribution < -0.4 is 15.4 Å². The summed E-state index contributed by atoms with van der Waals surface area (Å²) in [5.74, 6) is -0.00947. The Kier molecular flexibility index (Phi) is 8.95. The van der Waals surface area contributed by atoms with Crippen molar-refractivity contribution in [3.05, 3.63) is 0 Å². The van der Waals surface area contributed by atoms with Gasteiger partial charge in [-0.3, -0.25) is 4.79 Å². The maximum atomic E-state index is 11.8. The molecule has 0 rings (SSSR count). The molecule has 0 aromatic rings. The van der Waals surface area contributed by atoms with Gasteiger partial charge >= 0.3 is 0 Å². The van der Waals surface area contributed by atoms with Crippen LogP contribution in [0.15, 0.2) is 0 Å². The molecule has 0 aliphatic carbocycles. The number of nitrogens with one attached hydrogen (secondary N) is 3. The van der Waals surface area contributed by atoms with Gasteiger partial charge in [0.25, 0.3) is 0 Å². The third-order valence-electron chi connectivity index (χ3n) is 2.89. The number of sulfonamides is 1. The molecule has 19 heavy (non-hydrogen) atoms. The Morgan fingerprint density at radius 3 is 2.21 bits per heavy atom. The van der Waals surface area contributed by atoms with Crippen LogP contribution in [-0.2, 0) is 14.8 Å². The molecule has 0 saturated carbocycles. The quantitative estimate of drug-likeness (QED) is 0.502. The van der Waals surface area contributed by atoms with E-state index in [0.29, 0.717) is 19.5 Å². The van der Waals surface area contributed by atoms with E-state index in [2.05, 4.69) is 15.4 Å². The number of carbonyl (C=O) groups excluding carboxylic acids is 1. The molecule has 0 aromatic heterocycles. The molecule has 7 heteroatoms. The lowest BCUT2D eigenvalue weighted by Crippen LogP contribution is -2.46. The molecule has 0 saturated heterocycles. The maximum absolute atomic E-state index is 11.8. The summed E-state index contributed by atoms with van der Waals surface area (Å²) in [4.78, 5) is 11.8. The number of rotatable bonds is 10. The van der Waals surface area contributed by atoms with Crippen LogP contribution in [-0.4, -0.2) is 45.8 Å². The van der Waals surface area contributed by atoms with Crippen LogP contribution in [0.1, 0.15) is 40.0 Å². The molecule has 0 radical (unpaired) electrons. The SMILES string of the molecule is CCC(CC)NC(=O)C(C)NCCCNS(C)(=O)=O. The monoisotopic (exact) mass is 293 g/mol. The molecule has 114 valence electrons. The Morgan fingerprint density at radius 1 is 1.16 bits per heavy atom. The molecule has 1 amide bonds. The van der Waals surface area contributed by atoms with Gasteiger partial charge in [0.05, 0.1) is 12.3 Å². The molecule has 0 fully saturated rings. The minimum absolute atomic E-state index is 0.00947. The molecule has 0 spiro atoms. The molecule has 0 aromatic carbocycles. The maximum Gasteiger partial charge on any atom is 0.237 e. The van der Waals surface area contributed by atoms with E-state index >= 15 is 0 Å². The van der Waals surface area contributed by atoms with Crippen molar-refractivity contribution in [2.75, 3.05) is 19.3 Å². The van der Waals surface area contributed by atoms with E-state index < -0.39 is 10.0 Å². The minimum atomic E-state index is -3.12. The van der Waals surface area contributed by atoms with Gasteiger partial charge in [0.15, 0.2) is 0 Å². The Bertz CT molecular complexity index is 353. The average Bonchev–Trinajstić information content (AvgIpc) is 2.33. The summed E-state index contributed by atoms with van der Waals surface area (Å²) in [7, 11) is -3.12. The lowest BCUT2D eigenvalue weighted by atomic mass is 10.1. The van der Waals surface area contributed by atoms with Crippen molar-refractivity contribution in [3.63, 3.8) is 0 Å². The number of carbonyl (C=O) groups is 1. The van der Waals surface area contributed by atoms with Crippen molar-refractivity contribution in [2.24, 2.45) is 0 Å². The summed E-state index contributed by atoms with van der Waals surface area (Å²) in [6, 6.07) is -0.0394. The molecule has 6 nitrogen and oxygen atoms in total. The standard InChI is InChI=1S/C12H27N3O3S/c1-5-11(6-2)15-12(16)10(3)13-8-7-9-14-19(4,17)18/h10-11,13-14H,5-9H2,1-4H3,(H,15,16). The Hall–Kier alpha value is -0.660. The summed E-state index contributed by atoms with van der Waals surface area (Å²) >= 11 is 0. The first-order valence-corrected chi connectivity index (χ1v) is 8.67. The molecule has 3 N–H and O–H groups in total. The molecular formula is C12H27N3O3S. The van der Waals surface area contributed by atoms with E-state index in [1.165, 1.54) is 0 Å². The van der Waals surface area contributed by atoms with Gasteiger partial charge in [-0.1, -0.05) is 13.8 Å². The van der Waals surface area contributed by atoms with Crippen LogP contribution >= 0.6 is 0 Å². The van der Waals surface area contributed by atoms with Gasteiger partial charge in [0.2, 0.25) is 15.9 Å². The fraction of sp³-hybridized carbons (Fsp3) is 0.917. The van der Waals surface area contributed by atoms with Gasteiger partial charge in [-0.05, 0) is 32.7 Å². The molecule has 0 heterocycles. The molecule has 0 bridgehead atoms. The summed E-state index contributed by atoms with van der Waals surface area (Å²) in [5, 5.41) is 6.04. The Morgan fingerprint density at radius 2 is 1.74 bits per heavy atom. The number of amides is 1. The van der Waals surface area contributed by atoms with E-state index in [0.717, 1.165) is 19.1 Å². The summed E-state index contributed by atoms with van der Waals surface area (Å²) in [6.45, 7) is 6.88. The first kappa shape index (κ1) is 18.3. The van der Waals surface area contributed by atoms with Crippen molar-refractivity contribution < 1.29 is 13.2 Å². The molecular weight excluding hydrogens is 266 g/mol. The second-order valence-corrected chi connectivity index (χ2v) is 6.55. The van der Waals surface area contributed by atoms with Crippen molar-refractivity contribution in [3.8, 4) is 0 Å². The Labute approximate surface area is 116 Å². The van der Waals surface area contributed by atoms with E-state index in [4.69, 9.17) is 0 Å². The molecule has 1 atom stereocenters. The van der Waals surface area contributed by atoms with Crippen molar-refractivity contribution in [1.82, 2.24) is 15.4 Å². The van der Waals surface area contributed by atoms with E-state index in [-0.39, 0.29) is 18.0 Å². The Balaban J connectivity index is 3.79. The van der Waals surface area contributed by atoms with Crippen molar-refractivity contribution in [2.45, 2.75) is 52.1 Å². The topological polar surface area (TPSA) is 87.3 Å². The van der Waals surface area contributed by atoms with Gasteiger partial charge in [-0.2, -0.15) is 0 Å². The normalized spacial score (nSPS) is 13.5. The zero-order valence-corrected chi connectivity index (χ0v) is 13.1. The smallest absolute Gasteiger partial charge is 0.237 e. The molecule has 0 aliphatic rings. The predicted molar refractivity (Wildman–Crippen MR) is 77.4 cm³/mol. The third-order valence-corrected chi connectivity index (χ3v) is 3.62. The fourth-order valence-electron chi connectivity index (χ4n) is 1.58. The average molecular weight is 293 g/mol. The van der Waals surface area contributed by atoms with E-state index in [1.54, 1.807) is 0 Å². The summed E-state index contributed by atoms with van der Waals surface area (Å²) < 4.78 is 24.1. The zero-order chi connectivity index (χ0) is 14.9. The minimum Gasteiger partial charge on any atom is -0.352 e. The van der Waals surface area contributed by atoms with Gasteiger partial charge in [-0.15, -0.1) is 0 Å². The van der Waals surface area contributed by atoms with Crippen LogP contribution in [0, 0.1) is 0 Å². The van der Waals surface area contributed by atoms with Gasteiger partial charge < -0.3 is 10.6 Å². The van der Waals surface area contributed by atoms with Crippen LogP contribution in [0.2, 0.25) is 0 Å². The highest BCUT2D eigenvalue weighted by atomic mass is 32.2. The fourth-order valence-corrected chi connectivity index (χ4v) is 2.09. The second kappa shape index (κ2) is 9.28. The van der Waals surface area contributed by atoms with Crippen molar-refractivity contribution >= 4 is 15.9 Å². The van der Waals surface area contributed by atoms with Gasteiger partial charge in [0.1, 0.15) is 0 Å². The molecule has 0 aliphatic heterocycles. The largest absolute Gasteiger partial charge is 0.352 e. The van der Waals surface area contributed by atoms with Crippen LogP contribution in [0.5, 0.6) is 0 Å².